The Labute approximate surface area is 198 Å². The fourth-order valence-corrected chi connectivity index (χ4v) is 5.56. The Hall–Kier alpha value is -2.55. The van der Waals surface area contributed by atoms with E-state index in [2.05, 4.69) is 50.9 Å². The number of benzene rings is 1. The van der Waals surface area contributed by atoms with Gasteiger partial charge in [-0.15, -0.1) is 11.3 Å². The first-order chi connectivity index (χ1) is 16.1. The number of hydrogen-bond acceptors (Lipinski definition) is 7. The minimum Gasteiger partial charge on any atom is -0.383 e. The van der Waals surface area contributed by atoms with Gasteiger partial charge in [0, 0.05) is 32.3 Å². The van der Waals surface area contributed by atoms with Crippen LogP contribution in [0.15, 0.2) is 36.7 Å². The Bertz CT molecular complexity index is 1080. The third-order valence-electron chi connectivity index (χ3n) is 6.56. The summed E-state index contributed by atoms with van der Waals surface area (Å²) in [6.07, 6.45) is 4.28. The Kier molecular flexibility index (Phi) is 7.57. The molecule has 0 radical (unpaired) electrons. The first kappa shape index (κ1) is 23.6. The molecule has 1 amide bonds. The van der Waals surface area contributed by atoms with Gasteiger partial charge in [0.15, 0.2) is 0 Å². The van der Waals surface area contributed by atoms with Crippen molar-refractivity contribution in [1.29, 1.82) is 0 Å². The number of fused-ring (bicyclic) bond motifs is 1. The van der Waals surface area contributed by atoms with E-state index in [4.69, 9.17) is 9.47 Å². The molecular formula is C25H32N4O3S. The molecule has 0 saturated carbocycles. The van der Waals surface area contributed by atoms with Crippen molar-refractivity contribution in [2.75, 3.05) is 38.8 Å². The molecule has 0 bridgehead atoms. The second kappa shape index (κ2) is 10.6. The lowest BCUT2D eigenvalue weighted by Gasteiger charge is -2.38. The van der Waals surface area contributed by atoms with Gasteiger partial charge in [0.1, 0.15) is 17.0 Å². The van der Waals surface area contributed by atoms with Crippen molar-refractivity contribution < 1.29 is 14.3 Å². The maximum absolute atomic E-state index is 13.0. The summed E-state index contributed by atoms with van der Waals surface area (Å²) in [4.78, 5) is 23.5. The van der Waals surface area contributed by atoms with Crippen molar-refractivity contribution in [3.05, 3.63) is 52.7 Å². The molecule has 8 heteroatoms. The molecule has 7 nitrogen and oxygen atoms in total. The third-order valence-corrected chi connectivity index (χ3v) is 7.76. The van der Waals surface area contributed by atoms with Gasteiger partial charge < -0.3 is 20.1 Å². The van der Waals surface area contributed by atoms with Crippen LogP contribution in [0.5, 0.6) is 0 Å². The van der Waals surface area contributed by atoms with Crippen molar-refractivity contribution >= 4 is 33.3 Å². The predicted octanol–water partition coefficient (Wildman–Crippen LogP) is 4.31. The minimum absolute atomic E-state index is 0.0184. The molecule has 1 aliphatic rings. The quantitative estimate of drug-likeness (QED) is 0.487. The molecule has 0 spiro atoms. The molecule has 1 saturated heterocycles. The molecule has 33 heavy (non-hydrogen) atoms. The van der Waals surface area contributed by atoms with E-state index in [1.165, 1.54) is 16.9 Å². The monoisotopic (exact) mass is 468 g/mol. The Morgan fingerprint density at radius 2 is 2.00 bits per heavy atom. The van der Waals surface area contributed by atoms with Gasteiger partial charge in [-0.1, -0.05) is 37.3 Å². The molecule has 2 aromatic heterocycles. The highest BCUT2D eigenvalue weighted by Gasteiger charge is 2.34. The number of rotatable bonds is 9. The summed E-state index contributed by atoms with van der Waals surface area (Å²) in [7, 11) is 1.65. The second-order valence-electron chi connectivity index (χ2n) is 8.60. The zero-order valence-electron chi connectivity index (χ0n) is 19.5. The molecule has 1 atom stereocenters. The molecule has 1 aliphatic heterocycles. The predicted molar refractivity (Wildman–Crippen MR) is 132 cm³/mol. The fraction of sp³-hybridized carbons (Fsp3) is 0.480. The van der Waals surface area contributed by atoms with Crippen LogP contribution < -0.4 is 10.6 Å². The molecule has 1 fully saturated rings. The van der Waals surface area contributed by atoms with Gasteiger partial charge in [0.05, 0.1) is 22.9 Å². The van der Waals surface area contributed by atoms with E-state index in [1.807, 2.05) is 13.8 Å². The van der Waals surface area contributed by atoms with Crippen molar-refractivity contribution in [3.8, 4) is 0 Å². The summed E-state index contributed by atoms with van der Waals surface area (Å²) in [6, 6.07) is 10.6. The first-order valence-corrected chi connectivity index (χ1v) is 12.3. The Morgan fingerprint density at radius 1 is 1.24 bits per heavy atom. The number of ether oxygens (including phenoxy) is 2. The average molecular weight is 469 g/mol. The molecule has 176 valence electrons. The number of anilines is 1. The average Bonchev–Trinajstić information content (AvgIpc) is 3.20. The largest absolute Gasteiger partial charge is 0.383 e. The molecule has 3 aromatic rings. The van der Waals surface area contributed by atoms with E-state index in [0.29, 0.717) is 11.5 Å². The Morgan fingerprint density at radius 3 is 2.70 bits per heavy atom. The fourth-order valence-electron chi connectivity index (χ4n) is 4.51. The maximum Gasteiger partial charge on any atom is 0.262 e. The van der Waals surface area contributed by atoms with E-state index in [1.54, 1.807) is 13.4 Å². The van der Waals surface area contributed by atoms with E-state index >= 15 is 0 Å². The van der Waals surface area contributed by atoms with Gasteiger partial charge in [0.25, 0.3) is 5.91 Å². The number of nitrogens with one attached hydrogen (secondary N) is 2. The number of thiophene rings is 1. The SMILES string of the molecule is CC[C@H](COC)NC(=O)c1sc2ncnc(NCC3(c4ccccc4)CCOCC3)c2c1C. The lowest BCUT2D eigenvalue weighted by Crippen LogP contribution is -2.40. The number of carbonyl (C=O) groups is 1. The molecular weight excluding hydrogens is 436 g/mol. The number of aryl methyl sites for hydroxylation is 1. The summed E-state index contributed by atoms with van der Waals surface area (Å²) in [5.74, 6) is 0.689. The van der Waals surface area contributed by atoms with Crippen LogP contribution in [0.3, 0.4) is 0 Å². The van der Waals surface area contributed by atoms with Crippen LogP contribution in [0.4, 0.5) is 5.82 Å². The van der Waals surface area contributed by atoms with Crippen LogP contribution >= 0.6 is 11.3 Å². The van der Waals surface area contributed by atoms with Crippen LogP contribution in [0.2, 0.25) is 0 Å². The summed E-state index contributed by atoms with van der Waals surface area (Å²) in [5.41, 5.74) is 2.20. The van der Waals surface area contributed by atoms with Gasteiger partial charge in [-0.05, 0) is 37.3 Å². The number of amides is 1. The van der Waals surface area contributed by atoms with Crippen molar-refractivity contribution in [3.63, 3.8) is 0 Å². The van der Waals surface area contributed by atoms with Crippen molar-refractivity contribution in [2.45, 2.75) is 44.6 Å². The van der Waals surface area contributed by atoms with Crippen molar-refractivity contribution in [1.82, 2.24) is 15.3 Å². The summed E-state index contributed by atoms with van der Waals surface area (Å²) >= 11 is 1.41. The van der Waals surface area contributed by atoms with Gasteiger partial charge in [-0.2, -0.15) is 0 Å². The van der Waals surface area contributed by atoms with E-state index < -0.39 is 0 Å². The van der Waals surface area contributed by atoms with Gasteiger partial charge in [-0.3, -0.25) is 4.79 Å². The number of hydrogen-bond donors (Lipinski definition) is 2. The highest BCUT2D eigenvalue weighted by molar-refractivity contribution is 7.20. The van der Waals surface area contributed by atoms with Crippen LogP contribution in [0.25, 0.3) is 10.2 Å². The first-order valence-electron chi connectivity index (χ1n) is 11.5. The highest BCUT2D eigenvalue weighted by atomic mass is 32.1. The summed E-state index contributed by atoms with van der Waals surface area (Å²) in [5, 5.41) is 7.61. The van der Waals surface area contributed by atoms with Crippen LogP contribution in [-0.4, -0.2) is 55.4 Å². The van der Waals surface area contributed by atoms with Crippen LogP contribution in [0, 0.1) is 6.92 Å². The summed E-state index contributed by atoms with van der Waals surface area (Å²) < 4.78 is 10.9. The second-order valence-corrected chi connectivity index (χ2v) is 9.60. The zero-order chi connectivity index (χ0) is 23.3. The molecule has 0 unspecified atom stereocenters. The van der Waals surface area contributed by atoms with E-state index in [-0.39, 0.29) is 17.4 Å². The minimum atomic E-state index is -0.0875. The molecule has 0 aliphatic carbocycles. The molecule has 1 aromatic carbocycles. The smallest absolute Gasteiger partial charge is 0.262 e. The highest BCUT2D eigenvalue weighted by Crippen LogP contribution is 2.37. The third kappa shape index (κ3) is 5.03. The van der Waals surface area contributed by atoms with Crippen LogP contribution in [-0.2, 0) is 14.9 Å². The molecule has 3 heterocycles. The van der Waals surface area contributed by atoms with E-state index in [0.717, 1.165) is 60.6 Å². The lowest BCUT2D eigenvalue weighted by molar-refractivity contribution is 0.0544. The Balaban J connectivity index is 1.60. The van der Waals surface area contributed by atoms with Crippen LogP contribution in [0.1, 0.15) is 47.0 Å². The zero-order valence-corrected chi connectivity index (χ0v) is 20.3. The van der Waals surface area contributed by atoms with E-state index in [9.17, 15) is 4.79 Å². The molecule has 4 rings (SSSR count). The lowest BCUT2D eigenvalue weighted by atomic mass is 9.74. The number of methoxy groups -OCH3 is 1. The normalized spacial score (nSPS) is 16.5. The topological polar surface area (TPSA) is 85.4 Å². The number of carbonyl (C=O) groups excluding carboxylic acids is 1. The van der Waals surface area contributed by atoms with Gasteiger partial charge in [0.2, 0.25) is 0 Å². The van der Waals surface area contributed by atoms with Gasteiger partial charge >= 0.3 is 0 Å². The molecule has 2 N–H and O–H groups in total. The number of nitrogens with zero attached hydrogens (tertiary/aromatic N) is 2. The maximum atomic E-state index is 13.0. The number of aromatic nitrogens is 2. The summed E-state index contributed by atoms with van der Waals surface area (Å²) in [6.45, 7) is 6.74. The standard InChI is InChI=1S/C25H32N4O3S/c1-4-19(14-31-3)29-23(30)21-17(2)20-22(27-16-28-24(20)33-21)26-15-25(10-12-32-13-11-25)18-8-6-5-7-9-18/h5-9,16,19H,4,10-15H2,1-3H3,(H,29,30)(H,26,27,28)/t19-/m1/s1. The van der Waals surface area contributed by atoms with Gasteiger partial charge in [-0.25, -0.2) is 9.97 Å². The van der Waals surface area contributed by atoms with Crippen molar-refractivity contribution in [2.24, 2.45) is 0 Å².